The molecule has 0 spiro atoms. The van der Waals surface area contributed by atoms with E-state index in [0.29, 0.717) is 18.4 Å². The highest BCUT2D eigenvalue weighted by Gasteiger charge is 2.06. The Morgan fingerprint density at radius 3 is 2.55 bits per heavy atom. The minimum absolute atomic E-state index is 0.224. The zero-order valence-corrected chi connectivity index (χ0v) is 12.4. The third-order valence-corrected chi connectivity index (χ3v) is 3.59. The second-order valence-corrected chi connectivity index (χ2v) is 5.35. The van der Waals surface area contributed by atoms with E-state index in [9.17, 15) is 9.18 Å². The largest absolute Gasteiger partial charge is 0.299 e. The van der Waals surface area contributed by atoms with Crippen LogP contribution in [-0.2, 0) is 11.2 Å². The molecule has 0 N–H and O–H groups in total. The Bertz CT molecular complexity index is 620. The molecule has 0 amide bonds. The first-order chi connectivity index (χ1) is 9.70. The zero-order chi connectivity index (χ0) is 14.4. The van der Waals surface area contributed by atoms with Gasteiger partial charge in [-0.05, 0) is 47.8 Å². The second-order valence-electron chi connectivity index (χ2n) is 4.43. The lowest BCUT2D eigenvalue weighted by Crippen LogP contribution is -1.94. The number of halogens is 2. The van der Waals surface area contributed by atoms with Crippen molar-refractivity contribution in [1.29, 1.82) is 0 Å². The summed E-state index contributed by atoms with van der Waals surface area (Å²) in [4.78, 5) is 10.8. The summed E-state index contributed by atoms with van der Waals surface area (Å²) in [5.41, 5.74) is 2.57. The average Bonchev–Trinajstić information content (AvgIpc) is 2.46. The molecule has 0 aromatic heterocycles. The molecule has 2 rings (SSSR count). The van der Waals surface area contributed by atoms with Gasteiger partial charge in [-0.25, -0.2) is 4.39 Å². The lowest BCUT2D eigenvalue weighted by Gasteiger charge is -2.08. The van der Waals surface area contributed by atoms with Crippen molar-refractivity contribution in [2.75, 3.05) is 0 Å². The van der Waals surface area contributed by atoms with Gasteiger partial charge < -0.3 is 0 Å². The molecule has 0 atom stereocenters. The topological polar surface area (TPSA) is 17.1 Å². The Hall–Kier alpha value is -1.74. The highest BCUT2D eigenvalue weighted by molar-refractivity contribution is 9.10. The third-order valence-electron chi connectivity index (χ3n) is 3.09. The molecular formula is C17H14BrFO. The molecule has 0 bridgehead atoms. The van der Waals surface area contributed by atoms with Crippen molar-refractivity contribution in [2.24, 2.45) is 0 Å². The minimum Gasteiger partial charge on any atom is -0.299 e. The van der Waals surface area contributed by atoms with Crippen LogP contribution in [0.1, 0.15) is 17.5 Å². The Morgan fingerprint density at radius 2 is 1.90 bits per heavy atom. The van der Waals surface area contributed by atoms with E-state index in [1.807, 2.05) is 36.4 Å². The Labute approximate surface area is 126 Å². The first kappa shape index (κ1) is 14.7. The Morgan fingerprint density at radius 1 is 1.15 bits per heavy atom. The molecule has 0 fully saturated rings. The smallest absolute Gasteiger partial charge is 0.143 e. The van der Waals surface area contributed by atoms with Gasteiger partial charge in [0, 0.05) is 4.47 Å². The van der Waals surface area contributed by atoms with Crippen LogP contribution < -0.4 is 0 Å². The van der Waals surface area contributed by atoms with Gasteiger partial charge in [-0.15, -0.1) is 0 Å². The maximum atomic E-state index is 13.8. The van der Waals surface area contributed by atoms with Gasteiger partial charge in [0.25, 0.3) is 0 Å². The van der Waals surface area contributed by atoms with E-state index in [0.717, 1.165) is 21.9 Å². The molecule has 2 aromatic carbocycles. The molecule has 3 heteroatoms. The fourth-order valence-electron chi connectivity index (χ4n) is 2.05. The standard InChI is InChI=1S/C17H14BrFO/c18-16-9-8-15(17(19)12-16)7-6-14(10-11-20)13-4-2-1-3-5-13/h1-5,8-12H,6-7H2/b14-10-. The van der Waals surface area contributed by atoms with E-state index in [2.05, 4.69) is 15.9 Å². The quantitative estimate of drug-likeness (QED) is 0.567. The summed E-state index contributed by atoms with van der Waals surface area (Å²) in [6, 6.07) is 14.7. The summed E-state index contributed by atoms with van der Waals surface area (Å²) in [7, 11) is 0. The lowest BCUT2D eigenvalue weighted by atomic mass is 9.98. The van der Waals surface area contributed by atoms with Crippen LogP contribution in [0.2, 0.25) is 0 Å². The first-order valence-corrected chi connectivity index (χ1v) is 7.13. The summed E-state index contributed by atoms with van der Waals surface area (Å²) in [6.45, 7) is 0. The van der Waals surface area contributed by atoms with Crippen molar-refractivity contribution < 1.29 is 9.18 Å². The van der Waals surface area contributed by atoms with Crippen LogP contribution in [-0.4, -0.2) is 6.29 Å². The number of aryl methyl sites for hydroxylation is 1. The number of hydrogen-bond donors (Lipinski definition) is 0. The number of carbonyl (C=O) groups excluding carboxylic acids is 1. The molecule has 20 heavy (non-hydrogen) atoms. The van der Waals surface area contributed by atoms with Gasteiger partial charge in [-0.2, -0.15) is 0 Å². The van der Waals surface area contributed by atoms with Gasteiger partial charge in [-0.1, -0.05) is 52.3 Å². The number of aldehydes is 1. The molecule has 0 heterocycles. The van der Waals surface area contributed by atoms with Crippen molar-refractivity contribution in [3.05, 3.63) is 76.0 Å². The first-order valence-electron chi connectivity index (χ1n) is 6.34. The molecule has 0 unspecified atom stereocenters. The van der Waals surface area contributed by atoms with E-state index >= 15 is 0 Å². The van der Waals surface area contributed by atoms with Crippen LogP contribution in [0.15, 0.2) is 59.1 Å². The molecule has 1 nitrogen and oxygen atoms in total. The fourth-order valence-corrected chi connectivity index (χ4v) is 2.39. The van der Waals surface area contributed by atoms with E-state index in [-0.39, 0.29) is 5.82 Å². The maximum Gasteiger partial charge on any atom is 0.143 e. The minimum atomic E-state index is -0.224. The molecule has 0 saturated carbocycles. The van der Waals surface area contributed by atoms with E-state index in [4.69, 9.17) is 0 Å². The Balaban J connectivity index is 2.14. The summed E-state index contributed by atoms with van der Waals surface area (Å²) >= 11 is 3.24. The van der Waals surface area contributed by atoms with Crippen LogP contribution in [0.25, 0.3) is 5.57 Å². The highest BCUT2D eigenvalue weighted by atomic mass is 79.9. The lowest BCUT2D eigenvalue weighted by molar-refractivity contribution is -0.104. The van der Waals surface area contributed by atoms with Crippen molar-refractivity contribution in [2.45, 2.75) is 12.8 Å². The monoisotopic (exact) mass is 332 g/mol. The summed E-state index contributed by atoms with van der Waals surface area (Å²) in [5.74, 6) is -0.224. The van der Waals surface area contributed by atoms with Gasteiger partial charge in [0.1, 0.15) is 12.1 Å². The van der Waals surface area contributed by atoms with Crippen LogP contribution in [0.4, 0.5) is 4.39 Å². The van der Waals surface area contributed by atoms with E-state index in [1.54, 1.807) is 12.1 Å². The molecule has 0 aliphatic rings. The van der Waals surface area contributed by atoms with Gasteiger partial charge >= 0.3 is 0 Å². The third kappa shape index (κ3) is 3.87. The summed E-state index contributed by atoms with van der Waals surface area (Å²) in [6.07, 6.45) is 3.52. The average molecular weight is 333 g/mol. The molecule has 0 radical (unpaired) electrons. The molecule has 2 aromatic rings. The zero-order valence-electron chi connectivity index (χ0n) is 10.9. The van der Waals surface area contributed by atoms with E-state index < -0.39 is 0 Å². The number of allylic oxidation sites excluding steroid dienone is 2. The van der Waals surface area contributed by atoms with Crippen LogP contribution in [0, 0.1) is 5.82 Å². The van der Waals surface area contributed by atoms with Crippen molar-refractivity contribution in [3.63, 3.8) is 0 Å². The molecule has 102 valence electrons. The normalized spacial score (nSPS) is 11.4. The fraction of sp³-hybridized carbons (Fsp3) is 0.118. The summed E-state index contributed by atoms with van der Waals surface area (Å²) in [5, 5.41) is 0. The van der Waals surface area contributed by atoms with Crippen LogP contribution in [0.3, 0.4) is 0 Å². The predicted molar refractivity (Wildman–Crippen MR) is 82.9 cm³/mol. The molecular weight excluding hydrogens is 319 g/mol. The number of carbonyl (C=O) groups is 1. The maximum absolute atomic E-state index is 13.8. The van der Waals surface area contributed by atoms with Gasteiger partial charge in [0.15, 0.2) is 0 Å². The van der Waals surface area contributed by atoms with Crippen molar-refractivity contribution in [3.8, 4) is 0 Å². The molecule has 0 aliphatic heterocycles. The second kappa shape index (κ2) is 7.15. The number of benzene rings is 2. The molecule has 0 aliphatic carbocycles. The van der Waals surface area contributed by atoms with Crippen molar-refractivity contribution in [1.82, 2.24) is 0 Å². The Kier molecular flexibility index (Phi) is 5.24. The van der Waals surface area contributed by atoms with E-state index in [1.165, 1.54) is 6.07 Å². The van der Waals surface area contributed by atoms with Crippen LogP contribution in [0.5, 0.6) is 0 Å². The van der Waals surface area contributed by atoms with Crippen LogP contribution >= 0.6 is 15.9 Å². The van der Waals surface area contributed by atoms with Crippen molar-refractivity contribution >= 4 is 27.8 Å². The SMILES string of the molecule is O=C/C=C(/CCc1ccc(Br)cc1F)c1ccccc1. The van der Waals surface area contributed by atoms with Gasteiger partial charge in [-0.3, -0.25) is 4.79 Å². The van der Waals surface area contributed by atoms with Gasteiger partial charge in [0.05, 0.1) is 0 Å². The predicted octanol–water partition coefficient (Wildman–Crippen LogP) is 4.80. The number of rotatable bonds is 5. The molecule has 0 saturated heterocycles. The number of hydrogen-bond acceptors (Lipinski definition) is 1. The summed E-state index contributed by atoms with van der Waals surface area (Å²) < 4.78 is 14.5. The van der Waals surface area contributed by atoms with Gasteiger partial charge in [0.2, 0.25) is 0 Å². The highest BCUT2D eigenvalue weighted by Crippen LogP contribution is 2.22.